The Hall–Kier alpha value is -1.94. The van der Waals surface area contributed by atoms with Crippen molar-refractivity contribution in [2.24, 2.45) is 23.7 Å². The van der Waals surface area contributed by atoms with Crippen LogP contribution in [0.25, 0.3) is 0 Å². The summed E-state index contributed by atoms with van der Waals surface area (Å²) in [6.07, 6.45) is 43.4. The third kappa shape index (κ3) is 63.5. The normalized spacial score (nSPS) is 14.6. The fourth-order valence-corrected chi connectivity index (χ4v) is 12.2. The van der Waals surface area contributed by atoms with Crippen LogP contribution in [-0.2, 0) is 65.4 Å². The molecule has 3 N–H and O–H groups in total. The van der Waals surface area contributed by atoms with Crippen LogP contribution in [0.15, 0.2) is 0 Å². The Kier molecular flexibility index (Phi) is 59.4. The molecule has 0 heterocycles. The van der Waals surface area contributed by atoms with Crippen LogP contribution in [-0.4, -0.2) is 96.7 Å². The van der Waals surface area contributed by atoms with Gasteiger partial charge in [0.25, 0.3) is 0 Å². The number of aliphatic hydroxyl groups is 1. The molecule has 0 aliphatic carbocycles. The average molecular weight is 1330 g/mol. The molecule has 0 aromatic rings. The lowest BCUT2D eigenvalue weighted by Gasteiger charge is -2.21. The highest BCUT2D eigenvalue weighted by atomic mass is 31.2. The molecule has 0 saturated carbocycles. The van der Waals surface area contributed by atoms with Crippen molar-refractivity contribution >= 4 is 39.5 Å². The number of hydrogen-bond donors (Lipinski definition) is 3. The Balaban J connectivity index is 5.17. The molecule has 534 valence electrons. The number of ether oxygens (including phenoxy) is 4. The van der Waals surface area contributed by atoms with Gasteiger partial charge in [-0.3, -0.25) is 37.3 Å². The van der Waals surface area contributed by atoms with Gasteiger partial charge >= 0.3 is 39.5 Å². The van der Waals surface area contributed by atoms with Crippen molar-refractivity contribution in [1.82, 2.24) is 0 Å². The maximum absolute atomic E-state index is 13.0. The van der Waals surface area contributed by atoms with Crippen LogP contribution in [0.3, 0.4) is 0 Å². The minimum absolute atomic E-state index is 0.102. The fraction of sp³-hybridized carbons (Fsp3) is 0.944. The van der Waals surface area contributed by atoms with E-state index in [9.17, 15) is 43.2 Å². The summed E-state index contributed by atoms with van der Waals surface area (Å²) in [6, 6.07) is 0. The Morgan fingerprint density at radius 3 is 0.789 bits per heavy atom. The monoisotopic (exact) mass is 1320 g/mol. The molecule has 0 rings (SSSR count). The van der Waals surface area contributed by atoms with Gasteiger partial charge < -0.3 is 33.8 Å². The molecule has 0 aromatic carbocycles. The van der Waals surface area contributed by atoms with E-state index in [2.05, 4.69) is 55.4 Å². The predicted octanol–water partition coefficient (Wildman–Crippen LogP) is 20.1. The maximum atomic E-state index is 13.0. The summed E-state index contributed by atoms with van der Waals surface area (Å²) >= 11 is 0. The Morgan fingerprint density at radius 2 is 0.533 bits per heavy atom. The van der Waals surface area contributed by atoms with Crippen LogP contribution in [0.5, 0.6) is 0 Å². The molecule has 0 radical (unpaired) electrons. The SMILES string of the molecule is CCC(C)CCCCCCCCC(=O)O[C@H](COC(=O)CCCCCCCCCCCCCCCCCCC(C)C)COP(=O)(O)OCC(O)COP(=O)(O)OC[C@@H](COC(=O)CCCCCCCCCCC(C)C)OC(=O)CCCCCCCCCC(C)C. The highest BCUT2D eigenvalue weighted by Gasteiger charge is 2.30. The fourth-order valence-electron chi connectivity index (χ4n) is 10.6. The lowest BCUT2D eigenvalue weighted by atomic mass is 10.00. The summed E-state index contributed by atoms with van der Waals surface area (Å²) < 4.78 is 68.2. The van der Waals surface area contributed by atoms with E-state index in [1.807, 2.05) is 0 Å². The average Bonchev–Trinajstić information content (AvgIpc) is 3.70. The van der Waals surface area contributed by atoms with E-state index in [-0.39, 0.29) is 25.7 Å². The molecule has 0 fully saturated rings. The first-order valence-electron chi connectivity index (χ1n) is 36.7. The summed E-state index contributed by atoms with van der Waals surface area (Å²) in [4.78, 5) is 72.5. The predicted molar refractivity (Wildman–Crippen MR) is 363 cm³/mol. The van der Waals surface area contributed by atoms with Gasteiger partial charge in [0.05, 0.1) is 26.4 Å². The zero-order chi connectivity index (χ0) is 66.8. The van der Waals surface area contributed by atoms with E-state index in [4.69, 9.17) is 37.0 Å². The lowest BCUT2D eigenvalue weighted by molar-refractivity contribution is -0.161. The van der Waals surface area contributed by atoms with Crippen molar-refractivity contribution in [2.75, 3.05) is 39.6 Å². The third-order valence-corrected chi connectivity index (χ3v) is 18.6. The number of carbonyl (C=O) groups is 4. The van der Waals surface area contributed by atoms with E-state index >= 15 is 0 Å². The van der Waals surface area contributed by atoms with Gasteiger partial charge in [-0.2, -0.15) is 0 Å². The molecule has 0 aliphatic rings. The second kappa shape index (κ2) is 60.7. The summed E-state index contributed by atoms with van der Waals surface area (Å²) in [5, 5.41) is 10.6. The van der Waals surface area contributed by atoms with Crippen LogP contribution < -0.4 is 0 Å². The maximum Gasteiger partial charge on any atom is 0.472 e. The van der Waals surface area contributed by atoms with Gasteiger partial charge in [0.2, 0.25) is 0 Å². The number of aliphatic hydroxyl groups excluding tert-OH is 1. The van der Waals surface area contributed by atoms with Gasteiger partial charge in [0.15, 0.2) is 12.2 Å². The Labute approximate surface area is 549 Å². The summed E-state index contributed by atoms with van der Waals surface area (Å²) in [5.74, 6) is 0.821. The number of carbonyl (C=O) groups excluding carboxylic acids is 4. The van der Waals surface area contributed by atoms with Gasteiger partial charge in [-0.15, -0.1) is 0 Å². The zero-order valence-corrected chi connectivity index (χ0v) is 60.6. The molecule has 17 nitrogen and oxygen atoms in total. The minimum atomic E-state index is -4.95. The highest BCUT2D eigenvalue weighted by molar-refractivity contribution is 7.47. The van der Waals surface area contributed by atoms with Crippen LogP contribution in [0.2, 0.25) is 0 Å². The van der Waals surface area contributed by atoms with Gasteiger partial charge in [-0.05, 0) is 49.4 Å². The van der Waals surface area contributed by atoms with Crippen molar-refractivity contribution in [3.8, 4) is 0 Å². The van der Waals surface area contributed by atoms with Gasteiger partial charge in [0.1, 0.15) is 19.3 Å². The van der Waals surface area contributed by atoms with Crippen molar-refractivity contribution in [3.63, 3.8) is 0 Å². The topological polar surface area (TPSA) is 237 Å². The number of phosphoric ester groups is 2. The molecular formula is C71H138O17P2. The number of phosphoric acid groups is 2. The summed E-state index contributed by atoms with van der Waals surface area (Å²) in [7, 11) is -9.90. The molecule has 4 unspecified atom stereocenters. The van der Waals surface area contributed by atoms with Crippen molar-refractivity contribution in [3.05, 3.63) is 0 Å². The quantitative estimate of drug-likeness (QED) is 0.0222. The minimum Gasteiger partial charge on any atom is -0.462 e. The molecule has 0 spiro atoms. The first kappa shape index (κ1) is 88.1. The third-order valence-electron chi connectivity index (χ3n) is 16.7. The van der Waals surface area contributed by atoms with E-state index < -0.39 is 97.5 Å². The molecule has 0 aromatic heterocycles. The van der Waals surface area contributed by atoms with E-state index in [1.165, 1.54) is 154 Å². The molecule has 0 aliphatic heterocycles. The molecule has 0 bridgehead atoms. The summed E-state index contributed by atoms with van der Waals surface area (Å²) in [6.45, 7) is 14.0. The summed E-state index contributed by atoms with van der Waals surface area (Å²) in [5.41, 5.74) is 0. The van der Waals surface area contributed by atoms with E-state index in [0.29, 0.717) is 31.6 Å². The number of hydrogen-bond acceptors (Lipinski definition) is 15. The first-order valence-corrected chi connectivity index (χ1v) is 39.7. The number of unbranched alkanes of at least 4 members (excludes halogenated alkanes) is 33. The van der Waals surface area contributed by atoms with Crippen molar-refractivity contribution in [1.29, 1.82) is 0 Å². The van der Waals surface area contributed by atoms with Crippen LogP contribution in [0, 0.1) is 23.7 Å². The largest absolute Gasteiger partial charge is 0.472 e. The Morgan fingerprint density at radius 1 is 0.311 bits per heavy atom. The van der Waals surface area contributed by atoms with Gasteiger partial charge in [-0.25, -0.2) is 9.13 Å². The second-order valence-corrected chi connectivity index (χ2v) is 30.2. The van der Waals surface area contributed by atoms with Crippen LogP contribution in [0.1, 0.15) is 351 Å². The van der Waals surface area contributed by atoms with Crippen LogP contribution in [0.4, 0.5) is 0 Å². The molecule has 19 heteroatoms. The van der Waals surface area contributed by atoms with Crippen LogP contribution >= 0.6 is 15.6 Å². The first-order chi connectivity index (χ1) is 43.1. The van der Waals surface area contributed by atoms with E-state index in [1.54, 1.807) is 0 Å². The number of esters is 4. The Bertz CT molecular complexity index is 1780. The molecule has 0 amide bonds. The van der Waals surface area contributed by atoms with Gasteiger partial charge in [0, 0.05) is 25.7 Å². The molecule has 6 atom stereocenters. The standard InChI is InChI=1S/C71H138O17P2/c1-9-64(8)50-42-34-29-30-38-46-54-71(76)88-67(58-81-68(73)51-43-35-26-19-17-15-13-11-10-12-14-16-18-23-31-39-47-61(2)3)60-86-90(79,80)84-56-65(72)55-83-89(77,78)85-59-66(87-70(75)53-45-37-28-22-25-33-41-49-63(6)7)57-82-69(74)52-44-36-27-21-20-24-32-40-48-62(4)5/h61-67,72H,9-60H2,1-8H3,(H,77,78)(H,79,80)/t64?,65?,66-,67-/m1/s1. The van der Waals surface area contributed by atoms with Gasteiger partial charge in [-0.1, -0.05) is 299 Å². The van der Waals surface area contributed by atoms with Crippen molar-refractivity contribution < 1.29 is 80.2 Å². The number of rotatable bonds is 68. The molecule has 0 saturated heterocycles. The highest BCUT2D eigenvalue weighted by Crippen LogP contribution is 2.45. The molecular weight excluding hydrogens is 1190 g/mol. The smallest absolute Gasteiger partial charge is 0.462 e. The zero-order valence-electron chi connectivity index (χ0n) is 58.8. The molecule has 90 heavy (non-hydrogen) atoms. The lowest BCUT2D eigenvalue weighted by Crippen LogP contribution is -2.30. The van der Waals surface area contributed by atoms with E-state index in [0.717, 1.165) is 108 Å². The van der Waals surface area contributed by atoms with Crippen molar-refractivity contribution in [2.45, 2.75) is 369 Å². The second-order valence-electron chi connectivity index (χ2n) is 27.3.